The first-order valence-corrected chi connectivity index (χ1v) is 7.15. The summed E-state index contributed by atoms with van der Waals surface area (Å²) in [5, 5.41) is 0. The molecule has 104 valence electrons. The van der Waals surface area contributed by atoms with Crippen LogP contribution in [0.15, 0.2) is 60.7 Å². The summed E-state index contributed by atoms with van der Waals surface area (Å²) >= 11 is 0. The van der Waals surface area contributed by atoms with Crippen LogP contribution in [0.1, 0.15) is 37.8 Å². The van der Waals surface area contributed by atoms with Crippen molar-refractivity contribution in [2.45, 2.75) is 32.8 Å². The predicted molar refractivity (Wildman–Crippen MR) is 86.1 cm³/mol. The van der Waals surface area contributed by atoms with Gasteiger partial charge in [0.1, 0.15) is 5.75 Å². The largest absolute Gasteiger partial charge is 0.491 e. The number of rotatable bonds is 5. The third kappa shape index (κ3) is 4.27. The quantitative estimate of drug-likeness (QED) is 0.714. The van der Waals surface area contributed by atoms with Crippen LogP contribution in [-0.2, 0) is 0 Å². The minimum Gasteiger partial charge on any atom is -0.491 e. The van der Waals surface area contributed by atoms with E-state index >= 15 is 0 Å². The summed E-state index contributed by atoms with van der Waals surface area (Å²) in [4.78, 5) is 0. The van der Waals surface area contributed by atoms with E-state index < -0.39 is 0 Å². The molecule has 0 radical (unpaired) electrons. The monoisotopic (exact) mass is 266 g/mol. The zero-order valence-corrected chi connectivity index (χ0v) is 12.4. The molecule has 0 saturated heterocycles. The van der Waals surface area contributed by atoms with Gasteiger partial charge in [-0.1, -0.05) is 61.5 Å². The zero-order chi connectivity index (χ0) is 14.4. The van der Waals surface area contributed by atoms with E-state index in [9.17, 15) is 0 Å². The van der Waals surface area contributed by atoms with E-state index in [2.05, 4.69) is 55.5 Å². The second-order valence-corrected chi connectivity index (χ2v) is 5.30. The van der Waals surface area contributed by atoms with Gasteiger partial charge in [0.25, 0.3) is 0 Å². The standard InChI is InChI=1S/C19H22O/c1-15(2)20-19-11-7-8-17(14-19)13-12-16(3)18-9-5-4-6-10-18/h4-16H,1-3H3. The Morgan fingerprint density at radius 2 is 1.65 bits per heavy atom. The molecule has 0 N–H and O–H groups in total. The number of ether oxygens (including phenoxy) is 1. The minimum atomic E-state index is 0.206. The van der Waals surface area contributed by atoms with Crippen molar-refractivity contribution in [3.05, 3.63) is 71.8 Å². The topological polar surface area (TPSA) is 9.23 Å². The summed E-state index contributed by atoms with van der Waals surface area (Å²) in [6.45, 7) is 6.29. The van der Waals surface area contributed by atoms with Gasteiger partial charge in [0, 0.05) is 0 Å². The maximum absolute atomic E-state index is 5.71. The van der Waals surface area contributed by atoms with E-state index in [-0.39, 0.29) is 6.10 Å². The van der Waals surface area contributed by atoms with Crippen LogP contribution in [0.4, 0.5) is 0 Å². The van der Waals surface area contributed by atoms with Crippen LogP contribution < -0.4 is 4.74 Å². The highest BCUT2D eigenvalue weighted by Crippen LogP contribution is 2.20. The molecule has 20 heavy (non-hydrogen) atoms. The Morgan fingerprint density at radius 1 is 0.900 bits per heavy atom. The van der Waals surface area contributed by atoms with Crippen molar-refractivity contribution in [1.82, 2.24) is 0 Å². The molecule has 0 bridgehead atoms. The lowest BCUT2D eigenvalue weighted by molar-refractivity contribution is 0.242. The van der Waals surface area contributed by atoms with Crippen molar-refractivity contribution in [3.8, 4) is 5.75 Å². The van der Waals surface area contributed by atoms with E-state index in [1.165, 1.54) is 11.1 Å². The van der Waals surface area contributed by atoms with Crippen molar-refractivity contribution in [1.29, 1.82) is 0 Å². The van der Waals surface area contributed by atoms with Crippen LogP contribution in [0.5, 0.6) is 5.75 Å². The summed E-state index contributed by atoms with van der Waals surface area (Å²) in [6, 6.07) is 18.7. The molecule has 2 aromatic rings. The average molecular weight is 266 g/mol. The van der Waals surface area contributed by atoms with Gasteiger partial charge in [-0.2, -0.15) is 0 Å². The second-order valence-electron chi connectivity index (χ2n) is 5.30. The Balaban J connectivity index is 2.07. The lowest BCUT2D eigenvalue weighted by atomic mass is 10.00. The Labute approximate surface area is 121 Å². The van der Waals surface area contributed by atoms with E-state index in [1.807, 2.05) is 32.0 Å². The molecule has 1 heteroatoms. The Bertz CT molecular complexity index is 555. The Kier molecular flexibility index (Phi) is 5.00. The van der Waals surface area contributed by atoms with Gasteiger partial charge in [0.05, 0.1) is 6.10 Å². The van der Waals surface area contributed by atoms with Crippen LogP contribution in [0, 0.1) is 0 Å². The van der Waals surface area contributed by atoms with Crippen molar-refractivity contribution in [2.75, 3.05) is 0 Å². The zero-order valence-electron chi connectivity index (χ0n) is 12.4. The molecule has 1 atom stereocenters. The fourth-order valence-electron chi connectivity index (χ4n) is 2.09. The first-order valence-electron chi connectivity index (χ1n) is 7.15. The fourth-order valence-corrected chi connectivity index (χ4v) is 2.09. The lowest BCUT2D eigenvalue weighted by Crippen LogP contribution is -2.05. The third-order valence-corrected chi connectivity index (χ3v) is 3.13. The molecule has 0 aliphatic heterocycles. The molecule has 0 heterocycles. The van der Waals surface area contributed by atoms with Gasteiger partial charge in [-0.25, -0.2) is 0 Å². The highest BCUT2D eigenvalue weighted by Gasteiger charge is 2.01. The van der Waals surface area contributed by atoms with Gasteiger partial charge in [0.15, 0.2) is 0 Å². The number of allylic oxidation sites excluding steroid dienone is 1. The third-order valence-electron chi connectivity index (χ3n) is 3.13. The molecule has 0 saturated carbocycles. The van der Waals surface area contributed by atoms with Gasteiger partial charge in [0.2, 0.25) is 0 Å². The first-order chi connectivity index (χ1) is 9.65. The van der Waals surface area contributed by atoms with Crippen molar-refractivity contribution >= 4 is 6.08 Å². The Morgan fingerprint density at radius 3 is 2.35 bits per heavy atom. The molecule has 0 spiro atoms. The molecule has 0 amide bonds. The fraction of sp³-hybridized carbons (Fsp3) is 0.263. The maximum Gasteiger partial charge on any atom is 0.120 e. The van der Waals surface area contributed by atoms with Crippen molar-refractivity contribution < 1.29 is 4.74 Å². The minimum absolute atomic E-state index is 0.206. The van der Waals surface area contributed by atoms with E-state index in [4.69, 9.17) is 4.74 Å². The molecule has 0 aliphatic carbocycles. The van der Waals surface area contributed by atoms with E-state index in [0.29, 0.717) is 5.92 Å². The molecule has 0 fully saturated rings. The molecule has 2 rings (SSSR count). The molecule has 0 aromatic heterocycles. The smallest absolute Gasteiger partial charge is 0.120 e. The van der Waals surface area contributed by atoms with Crippen LogP contribution in [0.25, 0.3) is 6.08 Å². The molecule has 2 aromatic carbocycles. The second kappa shape index (κ2) is 6.95. The highest BCUT2D eigenvalue weighted by atomic mass is 16.5. The van der Waals surface area contributed by atoms with Crippen LogP contribution >= 0.6 is 0 Å². The summed E-state index contributed by atoms with van der Waals surface area (Å²) in [5.41, 5.74) is 2.50. The van der Waals surface area contributed by atoms with Gasteiger partial charge in [-0.15, -0.1) is 0 Å². The van der Waals surface area contributed by atoms with Gasteiger partial charge in [-0.05, 0) is 43.0 Å². The maximum atomic E-state index is 5.71. The molecule has 1 unspecified atom stereocenters. The number of benzene rings is 2. The molecular formula is C19H22O. The van der Waals surface area contributed by atoms with E-state index in [1.54, 1.807) is 0 Å². The van der Waals surface area contributed by atoms with E-state index in [0.717, 1.165) is 5.75 Å². The van der Waals surface area contributed by atoms with Crippen LogP contribution in [0.3, 0.4) is 0 Å². The summed E-state index contributed by atoms with van der Waals surface area (Å²) in [5.74, 6) is 1.33. The summed E-state index contributed by atoms with van der Waals surface area (Å²) in [7, 11) is 0. The molecular weight excluding hydrogens is 244 g/mol. The Hall–Kier alpha value is -2.02. The van der Waals surface area contributed by atoms with Crippen molar-refractivity contribution in [2.24, 2.45) is 0 Å². The normalized spacial score (nSPS) is 12.8. The lowest BCUT2D eigenvalue weighted by Gasteiger charge is -2.10. The van der Waals surface area contributed by atoms with Gasteiger partial charge >= 0.3 is 0 Å². The van der Waals surface area contributed by atoms with Gasteiger partial charge < -0.3 is 4.74 Å². The molecule has 0 aliphatic rings. The van der Waals surface area contributed by atoms with Crippen molar-refractivity contribution in [3.63, 3.8) is 0 Å². The van der Waals surface area contributed by atoms with Gasteiger partial charge in [-0.3, -0.25) is 0 Å². The predicted octanol–water partition coefficient (Wildman–Crippen LogP) is 5.29. The molecule has 1 nitrogen and oxygen atoms in total. The summed E-state index contributed by atoms with van der Waals surface area (Å²) in [6.07, 6.45) is 4.59. The number of hydrogen-bond acceptors (Lipinski definition) is 1. The highest BCUT2D eigenvalue weighted by molar-refractivity contribution is 5.53. The van der Waals surface area contributed by atoms with Crippen LogP contribution in [0.2, 0.25) is 0 Å². The number of hydrogen-bond donors (Lipinski definition) is 0. The van der Waals surface area contributed by atoms with Crippen LogP contribution in [-0.4, -0.2) is 6.10 Å². The first kappa shape index (κ1) is 14.4. The average Bonchev–Trinajstić information content (AvgIpc) is 2.45. The SMILES string of the molecule is CC(C)Oc1cccc(C=CC(C)c2ccccc2)c1. The summed E-state index contributed by atoms with van der Waals surface area (Å²) < 4.78 is 5.71.